The Labute approximate surface area is 144 Å². The number of aliphatic hydroxyl groups is 2. The average molecular weight is 343 g/mol. The van der Waals surface area contributed by atoms with E-state index in [0.717, 1.165) is 12.1 Å². The number of amides is 1. The first kappa shape index (κ1) is 17.1. The van der Waals surface area contributed by atoms with Crippen LogP contribution in [0.15, 0.2) is 36.7 Å². The summed E-state index contributed by atoms with van der Waals surface area (Å²) < 4.78 is 1.71. The second-order valence-electron chi connectivity index (χ2n) is 6.36. The molecule has 8 nitrogen and oxygen atoms in total. The fourth-order valence-corrected chi connectivity index (χ4v) is 2.52. The number of para-hydroxylation sites is 2. The van der Waals surface area contributed by atoms with Crippen LogP contribution in [0.3, 0.4) is 0 Å². The number of carbonyl (C=O) groups excluding carboxylic acids is 1. The van der Waals surface area contributed by atoms with E-state index in [-0.39, 0.29) is 5.82 Å². The highest BCUT2D eigenvalue weighted by Crippen LogP contribution is 2.19. The van der Waals surface area contributed by atoms with E-state index in [1.807, 2.05) is 12.1 Å². The zero-order chi connectivity index (χ0) is 18.0. The van der Waals surface area contributed by atoms with Gasteiger partial charge in [-0.25, -0.2) is 4.98 Å². The van der Waals surface area contributed by atoms with Crippen LogP contribution in [-0.2, 0) is 11.3 Å². The molecule has 2 atom stereocenters. The summed E-state index contributed by atoms with van der Waals surface area (Å²) in [6, 6.07) is 7.22. The van der Waals surface area contributed by atoms with Crippen LogP contribution < -0.4 is 5.32 Å². The van der Waals surface area contributed by atoms with Crippen molar-refractivity contribution < 1.29 is 15.0 Å². The fourth-order valence-electron chi connectivity index (χ4n) is 2.52. The van der Waals surface area contributed by atoms with Gasteiger partial charge in [0.15, 0.2) is 6.10 Å². The average Bonchev–Trinajstić information content (AvgIpc) is 3.19. The van der Waals surface area contributed by atoms with Crippen molar-refractivity contribution in [1.82, 2.24) is 19.7 Å². The van der Waals surface area contributed by atoms with Gasteiger partial charge in [-0.05, 0) is 18.1 Å². The van der Waals surface area contributed by atoms with Gasteiger partial charge in [-0.3, -0.25) is 9.48 Å². The summed E-state index contributed by atoms with van der Waals surface area (Å²) >= 11 is 0. The highest BCUT2D eigenvalue weighted by molar-refractivity contribution is 5.94. The third kappa shape index (κ3) is 3.86. The number of rotatable bonds is 6. The quantitative estimate of drug-likeness (QED) is 0.540. The van der Waals surface area contributed by atoms with Crippen molar-refractivity contribution in [2.24, 2.45) is 5.92 Å². The minimum atomic E-state index is -1.66. The van der Waals surface area contributed by atoms with Crippen molar-refractivity contribution in [1.29, 1.82) is 0 Å². The number of aromatic nitrogens is 4. The lowest BCUT2D eigenvalue weighted by atomic mass is 10.2. The molecule has 2 aromatic heterocycles. The van der Waals surface area contributed by atoms with Gasteiger partial charge >= 0.3 is 0 Å². The van der Waals surface area contributed by atoms with Crippen molar-refractivity contribution >= 4 is 22.6 Å². The normalized spacial score (nSPS) is 14.0. The van der Waals surface area contributed by atoms with E-state index in [4.69, 9.17) is 0 Å². The number of benzene rings is 1. The molecule has 25 heavy (non-hydrogen) atoms. The summed E-state index contributed by atoms with van der Waals surface area (Å²) in [6.07, 6.45) is 0.0609. The van der Waals surface area contributed by atoms with Gasteiger partial charge in [0.2, 0.25) is 0 Å². The van der Waals surface area contributed by atoms with Crippen LogP contribution in [0.5, 0.6) is 0 Å². The lowest BCUT2D eigenvalue weighted by Gasteiger charge is -2.15. The van der Waals surface area contributed by atoms with Gasteiger partial charge in [0, 0.05) is 12.7 Å². The number of fused-ring (bicyclic) bond motifs is 1. The van der Waals surface area contributed by atoms with E-state index in [1.54, 1.807) is 23.0 Å². The third-order valence-corrected chi connectivity index (χ3v) is 3.71. The molecule has 4 N–H and O–H groups in total. The van der Waals surface area contributed by atoms with Gasteiger partial charge in [-0.2, -0.15) is 5.10 Å². The summed E-state index contributed by atoms with van der Waals surface area (Å²) in [6.45, 7) is 4.85. The molecular formula is C17H21N5O3. The Kier molecular flexibility index (Phi) is 4.82. The van der Waals surface area contributed by atoms with E-state index in [1.165, 1.54) is 6.20 Å². The van der Waals surface area contributed by atoms with Gasteiger partial charge in [-0.15, -0.1) is 0 Å². The van der Waals surface area contributed by atoms with Crippen LogP contribution in [0.4, 0.5) is 5.69 Å². The maximum atomic E-state index is 12.2. The Morgan fingerprint density at radius 3 is 2.80 bits per heavy atom. The second-order valence-corrected chi connectivity index (χ2v) is 6.36. The molecular weight excluding hydrogens is 322 g/mol. The van der Waals surface area contributed by atoms with Crippen LogP contribution in [0.1, 0.15) is 25.8 Å². The number of hydrogen-bond donors (Lipinski definition) is 4. The number of hydrogen-bond acceptors (Lipinski definition) is 5. The largest absolute Gasteiger partial charge is 0.382 e. The van der Waals surface area contributed by atoms with Gasteiger partial charge in [0.05, 0.1) is 22.9 Å². The molecule has 0 bridgehead atoms. The molecule has 0 aliphatic heterocycles. The van der Waals surface area contributed by atoms with E-state index in [0.29, 0.717) is 17.1 Å². The van der Waals surface area contributed by atoms with Crippen molar-refractivity contribution in [3.8, 4) is 0 Å². The smallest absolute Gasteiger partial charge is 0.256 e. The SMILES string of the molecule is CC(C)Cn1cc(NC(=O)C(O)C(O)c2nc3ccccc3[nH]2)cn1. The fraction of sp³-hybridized carbons (Fsp3) is 0.353. The molecule has 8 heteroatoms. The molecule has 3 aromatic rings. The number of aliphatic hydroxyl groups excluding tert-OH is 2. The predicted molar refractivity (Wildman–Crippen MR) is 92.8 cm³/mol. The molecule has 1 amide bonds. The third-order valence-electron chi connectivity index (χ3n) is 3.71. The summed E-state index contributed by atoms with van der Waals surface area (Å²) in [4.78, 5) is 19.3. The molecule has 0 spiro atoms. The van der Waals surface area contributed by atoms with E-state index >= 15 is 0 Å². The van der Waals surface area contributed by atoms with E-state index in [2.05, 4.69) is 34.2 Å². The highest BCUT2D eigenvalue weighted by Gasteiger charge is 2.28. The van der Waals surface area contributed by atoms with Gasteiger partial charge < -0.3 is 20.5 Å². The first-order valence-electron chi connectivity index (χ1n) is 8.08. The molecule has 0 fully saturated rings. The van der Waals surface area contributed by atoms with Gasteiger partial charge in [0.25, 0.3) is 5.91 Å². The Hall–Kier alpha value is -2.71. The van der Waals surface area contributed by atoms with E-state index < -0.39 is 18.1 Å². The van der Waals surface area contributed by atoms with Crippen molar-refractivity contribution in [2.45, 2.75) is 32.6 Å². The molecule has 2 heterocycles. The molecule has 0 saturated heterocycles. The molecule has 132 valence electrons. The first-order chi connectivity index (χ1) is 11.9. The summed E-state index contributed by atoms with van der Waals surface area (Å²) in [5.41, 5.74) is 1.83. The number of nitrogens with zero attached hydrogens (tertiary/aromatic N) is 3. The van der Waals surface area contributed by atoms with Gasteiger partial charge in [-0.1, -0.05) is 26.0 Å². The van der Waals surface area contributed by atoms with Crippen LogP contribution in [-0.4, -0.2) is 42.0 Å². The van der Waals surface area contributed by atoms with Crippen LogP contribution >= 0.6 is 0 Å². The molecule has 0 radical (unpaired) electrons. The van der Waals surface area contributed by atoms with Crippen molar-refractivity contribution in [3.05, 3.63) is 42.5 Å². The maximum absolute atomic E-state index is 12.2. The molecule has 1 aromatic carbocycles. The number of nitrogens with one attached hydrogen (secondary N) is 2. The highest BCUT2D eigenvalue weighted by atomic mass is 16.3. The second kappa shape index (κ2) is 7.04. The van der Waals surface area contributed by atoms with Crippen LogP contribution in [0, 0.1) is 5.92 Å². The summed E-state index contributed by atoms with van der Waals surface area (Å²) in [5, 5.41) is 27.1. The standard InChI is InChI=1S/C17H21N5O3/c1-10(2)8-22-9-11(7-18-22)19-17(25)15(24)14(23)16-20-12-5-3-4-6-13(12)21-16/h3-7,9-10,14-15,23-24H,8H2,1-2H3,(H,19,25)(H,20,21). The topological polar surface area (TPSA) is 116 Å². The van der Waals surface area contributed by atoms with Crippen molar-refractivity contribution in [2.75, 3.05) is 5.32 Å². The monoisotopic (exact) mass is 343 g/mol. The first-order valence-corrected chi connectivity index (χ1v) is 8.08. The number of H-pyrrole nitrogens is 1. The Bertz CT molecular complexity index is 837. The lowest BCUT2D eigenvalue weighted by Crippen LogP contribution is -2.33. The van der Waals surface area contributed by atoms with Crippen LogP contribution in [0.2, 0.25) is 0 Å². The van der Waals surface area contributed by atoms with E-state index in [9.17, 15) is 15.0 Å². The summed E-state index contributed by atoms with van der Waals surface area (Å²) in [7, 11) is 0. The Balaban J connectivity index is 1.67. The number of aromatic amines is 1. The maximum Gasteiger partial charge on any atom is 0.256 e. The molecule has 2 unspecified atom stereocenters. The zero-order valence-corrected chi connectivity index (χ0v) is 14.0. The number of carbonyl (C=O) groups is 1. The number of imidazole rings is 1. The van der Waals surface area contributed by atoms with Crippen molar-refractivity contribution in [3.63, 3.8) is 0 Å². The lowest BCUT2D eigenvalue weighted by molar-refractivity contribution is -0.130. The molecule has 0 aliphatic carbocycles. The van der Waals surface area contributed by atoms with Crippen LogP contribution in [0.25, 0.3) is 11.0 Å². The number of anilines is 1. The Morgan fingerprint density at radius 2 is 2.08 bits per heavy atom. The minimum absolute atomic E-state index is 0.138. The summed E-state index contributed by atoms with van der Waals surface area (Å²) in [5.74, 6) is -0.166. The minimum Gasteiger partial charge on any atom is -0.382 e. The molecule has 3 rings (SSSR count). The van der Waals surface area contributed by atoms with Gasteiger partial charge in [0.1, 0.15) is 11.9 Å². The zero-order valence-electron chi connectivity index (χ0n) is 14.0. The molecule has 0 aliphatic rings. The molecule has 0 saturated carbocycles. The Morgan fingerprint density at radius 1 is 1.32 bits per heavy atom. The predicted octanol–water partition coefficient (Wildman–Crippen LogP) is 1.45.